The van der Waals surface area contributed by atoms with Gasteiger partial charge in [0.05, 0.1) is 10.6 Å². The Balaban J connectivity index is 1.80. The maximum absolute atomic E-state index is 14.5. The molecule has 4 rings (SSSR count). The fourth-order valence-corrected chi connectivity index (χ4v) is 6.37. The highest BCUT2D eigenvalue weighted by Gasteiger charge is 2.35. The molecule has 44 heavy (non-hydrogen) atoms. The number of aryl methyl sites for hydroxylation is 1. The van der Waals surface area contributed by atoms with E-state index >= 15 is 0 Å². The Morgan fingerprint density at radius 1 is 0.818 bits per heavy atom. The third kappa shape index (κ3) is 8.71. The second kappa shape index (κ2) is 14.1. The first-order valence-corrected chi connectivity index (χ1v) is 16.2. The van der Waals surface area contributed by atoms with Crippen molar-refractivity contribution in [3.63, 3.8) is 0 Å². The van der Waals surface area contributed by atoms with E-state index in [-0.39, 0.29) is 29.5 Å². The van der Waals surface area contributed by atoms with Gasteiger partial charge in [0.15, 0.2) is 0 Å². The molecule has 0 saturated heterocycles. The molecule has 0 spiro atoms. The smallest absolute Gasteiger partial charge is 0.264 e. The van der Waals surface area contributed by atoms with E-state index in [4.69, 9.17) is 11.6 Å². The van der Waals surface area contributed by atoms with Gasteiger partial charge in [-0.25, -0.2) is 8.42 Å². The summed E-state index contributed by atoms with van der Waals surface area (Å²) in [6.45, 7) is 7.06. The topological polar surface area (TPSA) is 86.8 Å². The van der Waals surface area contributed by atoms with Crippen molar-refractivity contribution in [3.05, 3.63) is 131 Å². The fourth-order valence-electron chi connectivity index (χ4n) is 4.78. The summed E-state index contributed by atoms with van der Waals surface area (Å²) in [4.78, 5) is 29.9. The van der Waals surface area contributed by atoms with Crippen LogP contribution >= 0.6 is 11.6 Å². The molecule has 0 aliphatic heterocycles. The molecule has 0 aromatic heterocycles. The van der Waals surface area contributed by atoms with Crippen molar-refractivity contribution < 1.29 is 18.0 Å². The van der Waals surface area contributed by atoms with Crippen LogP contribution in [0.25, 0.3) is 0 Å². The highest BCUT2D eigenvalue weighted by atomic mass is 35.5. The zero-order valence-electron chi connectivity index (χ0n) is 25.4. The number of benzene rings is 4. The summed E-state index contributed by atoms with van der Waals surface area (Å²) in [6, 6.07) is 30.7. The molecule has 1 N–H and O–H groups in total. The molecule has 0 saturated carbocycles. The van der Waals surface area contributed by atoms with Crippen LogP contribution < -0.4 is 9.62 Å². The molecule has 0 fully saturated rings. The van der Waals surface area contributed by atoms with Gasteiger partial charge in [-0.15, -0.1) is 0 Å². The average Bonchev–Trinajstić information content (AvgIpc) is 2.98. The SMILES string of the molecule is Cc1ccc(S(=O)(=O)N(CC(=O)N(Cc2ccccc2)[C@@H](Cc2ccccc2)C(=O)NC(C)(C)C)c2cccc(Cl)c2)cc1. The Morgan fingerprint density at radius 3 is 1.98 bits per heavy atom. The van der Waals surface area contributed by atoms with E-state index in [2.05, 4.69) is 5.32 Å². The number of sulfonamides is 1. The summed E-state index contributed by atoms with van der Waals surface area (Å²) in [5.41, 5.74) is 2.25. The number of amides is 2. The average molecular weight is 632 g/mol. The van der Waals surface area contributed by atoms with Crippen molar-refractivity contribution in [1.82, 2.24) is 10.2 Å². The Labute approximate surface area is 265 Å². The number of carbonyl (C=O) groups excluding carboxylic acids is 2. The quantitative estimate of drug-likeness (QED) is 0.208. The highest BCUT2D eigenvalue weighted by Crippen LogP contribution is 2.27. The van der Waals surface area contributed by atoms with Crippen LogP contribution in [0, 0.1) is 6.92 Å². The minimum atomic E-state index is -4.20. The van der Waals surface area contributed by atoms with Gasteiger partial charge < -0.3 is 10.2 Å². The number of hydrogen-bond acceptors (Lipinski definition) is 4. The normalized spacial score (nSPS) is 12.3. The van der Waals surface area contributed by atoms with Crippen molar-refractivity contribution in [2.75, 3.05) is 10.8 Å². The summed E-state index contributed by atoms with van der Waals surface area (Å²) in [5, 5.41) is 3.36. The van der Waals surface area contributed by atoms with Crippen LogP contribution in [0.3, 0.4) is 0 Å². The number of carbonyl (C=O) groups is 2. The number of anilines is 1. The van der Waals surface area contributed by atoms with E-state index in [0.717, 1.165) is 21.0 Å². The van der Waals surface area contributed by atoms with E-state index in [1.807, 2.05) is 88.4 Å². The van der Waals surface area contributed by atoms with Gasteiger partial charge in [-0.05, 0) is 69.2 Å². The Hall–Kier alpha value is -4.14. The van der Waals surface area contributed by atoms with E-state index in [1.165, 1.54) is 23.1 Å². The lowest BCUT2D eigenvalue weighted by Crippen LogP contribution is -2.56. The van der Waals surface area contributed by atoms with Gasteiger partial charge in [0.2, 0.25) is 11.8 Å². The third-order valence-corrected chi connectivity index (χ3v) is 8.97. The molecule has 0 unspecified atom stereocenters. The minimum absolute atomic E-state index is 0.0387. The molecule has 0 heterocycles. The van der Waals surface area contributed by atoms with Gasteiger partial charge in [0.25, 0.3) is 10.0 Å². The van der Waals surface area contributed by atoms with Crippen molar-refractivity contribution in [1.29, 1.82) is 0 Å². The lowest BCUT2D eigenvalue weighted by atomic mass is 10.0. The highest BCUT2D eigenvalue weighted by molar-refractivity contribution is 7.92. The van der Waals surface area contributed by atoms with Crippen LogP contribution in [0.1, 0.15) is 37.5 Å². The maximum Gasteiger partial charge on any atom is 0.264 e. The predicted octanol–water partition coefficient (Wildman–Crippen LogP) is 6.40. The largest absolute Gasteiger partial charge is 0.350 e. The molecule has 0 bridgehead atoms. The summed E-state index contributed by atoms with van der Waals surface area (Å²) < 4.78 is 29.2. The van der Waals surface area contributed by atoms with E-state index in [1.54, 1.807) is 30.3 Å². The van der Waals surface area contributed by atoms with Gasteiger partial charge in [-0.3, -0.25) is 13.9 Å². The van der Waals surface area contributed by atoms with Crippen LogP contribution in [0.15, 0.2) is 114 Å². The predicted molar refractivity (Wildman–Crippen MR) is 176 cm³/mol. The van der Waals surface area contributed by atoms with Crippen LogP contribution in [0.2, 0.25) is 5.02 Å². The van der Waals surface area contributed by atoms with Crippen LogP contribution in [0.4, 0.5) is 5.69 Å². The number of halogens is 1. The van der Waals surface area contributed by atoms with Crippen molar-refractivity contribution in [2.45, 2.75) is 57.1 Å². The van der Waals surface area contributed by atoms with Crippen molar-refractivity contribution >= 4 is 39.1 Å². The Morgan fingerprint density at radius 2 is 1.41 bits per heavy atom. The van der Waals surface area contributed by atoms with Gasteiger partial charge in [0, 0.05) is 23.5 Å². The zero-order valence-corrected chi connectivity index (χ0v) is 27.0. The fraction of sp³-hybridized carbons (Fsp3) is 0.257. The van der Waals surface area contributed by atoms with E-state index < -0.39 is 34.1 Å². The summed E-state index contributed by atoms with van der Waals surface area (Å²) in [5.74, 6) is -0.865. The van der Waals surface area contributed by atoms with Gasteiger partial charge in [-0.1, -0.05) is 96.0 Å². The molecule has 7 nitrogen and oxygen atoms in total. The van der Waals surface area contributed by atoms with Gasteiger partial charge in [0.1, 0.15) is 12.6 Å². The maximum atomic E-state index is 14.5. The number of nitrogens with one attached hydrogen (secondary N) is 1. The second-order valence-corrected chi connectivity index (χ2v) is 14.1. The monoisotopic (exact) mass is 631 g/mol. The van der Waals surface area contributed by atoms with Crippen LogP contribution in [-0.4, -0.2) is 43.3 Å². The molecule has 2 amide bonds. The lowest BCUT2D eigenvalue weighted by Gasteiger charge is -2.35. The second-order valence-electron chi connectivity index (χ2n) is 11.8. The Kier molecular flexibility index (Phi) is 10.5. The molecule has 0 aliphatic carbocycles. The van der Waals surface area contributed by atoms with Crippen LogP contribution in [-0.2, 0) is 32.6 Å². The first-order chi connectivity index (χ1) is 20.8. The minimum Gasteiger partial charge on any atom is -0.350 e. The first-order valence-electron chi connectivity index (χ1n) is 14.4. The number of rotatable bonds is 11. The van der Waals surface area contributed by atoms with Crippen LogP contribution in [0.5, 0.6) is 0 Å². The molecule has 1 atom stereocenters. The molecular weight excluding hydrogens is 594 g/mol. The van der Waals surface area contributed by atoms with Crippen molar-refractivity contribution in [3.8, 4) is 0 Å². The molecule has 4 aromatic carbocycles. The van der Waals surface area contributed by atoms with Crippen molar-refractivity contribution in [2.24, 2.45) is 0 Å². The summed E-state index contributed by atoms with van der Waals surface area (Å²) in [7, 11) is -4.20. The summed E-state index contributed by atoms with van der Waals surface area (Å²) in [6.07, 6.45) is 0.239. The molecule has 230 valence electrons. The lowest BCUT2D eigenvalue weighted by molar-refractivity contribution is -0.140. The number of hydrogen-bond donors (Lipinski definition) is 1. The molecule has 0 aliphatic rings. The molecule has 0 radical (unpaired) electrons. The van der Waals surface area contributed by atoms with E-state index in [0.29, 0.717) is 5.02 Å². The molecule has 4 aromatic rings. The standard InChI is InChI=1S/C35H38ClN3O4S/c1-26-18-20-31(21-19-26)44(42,43)39(30-17-11-16-29(36)23-30)25-33(40)38(24-28-14-9-6-10-15-28)32(34(41)37-35(2,3)4)22-27-12-7-5-8-13-27/h5-21,23,32H,22,24-25H2,1-4H3,(H,37,41)/t32-/m0/s1. The zero-order chi connectivity index (χ0) is 31.9. The number of nitrogens with zero attached hydrogens (tertiary/aromatic N) is 2. The van der Waals surface area contributed by atoms with Gasteiger partial charge in [-0.2, -0.15) is 0 Å². The molecular formula is C35H38ClN3O4S. The van der Waals surface area contributed by atoms with Gasteiger partial charge >= 0.3 is 0 Å². The first kappa shape index (κ1) is 32.8. The Bertz CT molecular complexity index is 1670. The molecule has 9 heteroatoms. The van der Waals surface area contributed by atoms with E-state index in [9.17, 15) is 18.0 Å². The summed E-state index contributed by atoms with van der Waals surface area (Å²) >= 11 is 6.29. The third-order valence-electron chi connectivity index (χ3n) is 6.95.